The quantitative estimate of drug-likeness (QED) is 0.787. The SMILES string of the molecule is O=C(CNCC1CCCO1)Nc1ccc(Oc2ccccc2Cl)cc1. The van der Waals surface area contributed by atoms with Crippen LogP contribution in [0.5, 0.6) is 11.5 Å². The molecule has 1 aliphatic rings. The van der Waals surface area contributed by atoms with Crippen LogP contribution < -0.4 is 15.4 Å². The number of carbonyl (C=O) groups excluding carboxylic acids is 1. The molecule has 0 radical (unpaired) electrons. The second-order valence-corrected chi connectivity index (χ2v) is 6.28. The molecule has 132 valence electrons. The highest BCUT2D eigenvalue weighted by molar-refractivity contribution is 6.32. The van der Waals surface area contributed by atoms with Crippen LogP contribution in [0.25, 0.3) is 0 Å². The molecule has 25 heavy (non-hydrogen) atoms. The molecule has 0 aliphatic carbocycles. The summed E-state index contributed by atoms with van der Waals surface area (Å²) in [7, 11) is 0. The molecule has 1 amide bonds. The van der Waals surface area contributed by atoms with Gasteiger partial charge in [0.25, 0.3) is 0 Å². The lowest BCUT2D eigenvalue weighted by molar-refractivity contribution is -0.115. The Kier molecular flexibility index (Phi) is 6.28. The number of rotatable bonds is 7. The van der Waals surface area contributed by atoms with Crippen LogP contribution in [0.4, 0.5) is 5.69 Å². The number of ether oxygens (including phenoxy) is 2. The topological polar surface area (TPSA) is 59.6 Å². The molecule has 2 aromatic rings. The summed E-state index contributed by atoms with van der Waals surface area (Å²) in [4.78, 5) is 11.9. The Labute approximate surface area is 152 Å². The zero-order valence-electron chi connectivity index (χ0n) is 13.8. The van der Waals surface area contributed by atoms with Crippen molar-refractivity contribution in [3.05, 3.63) is 53.6 Å². The van der Waals surface area contributed by atoms with Gasteiger partial charge in [-0.15, -0.1) is 0 Å². The van der Waals surface area contributed by atoms with Gasteiger partial charge in [-0.05, 0) is 49.2 Å². The summed E-state index contributed by atoms with van der Waals surface area (Å²) in [6.45, 7) is 1.79. The molecule has 1 heterocycles. The number of benzene rings is 2. The third kappa shape index (κ3) is 5.46. The predicted octanol–water partition coefficient (Wildman–Crippen LogP) is 3.84. The second-order valence-electron chi connectivity index (χ2n) is 5.87. The fourth-order valence-corrected chi connectivity index (χ4v) is 2.79. The first-order chi connectivity index (χ1) is 12.2. The Morgan fingerprint density at radius 2 is 2.00 bits per heavy atom. The van der Waals surface area contributed by atoms with E-state index in [0.717, 1.165) is 25.1 Å². The van der Waals surface area contributed by atoms with Crippen molar-refractivity contribution in [1.29, 1.82) is 0 Å². The Morgan fingerprint density at radius 3 is 2.72 bits per heavy atom. The first-order valence-corrected chi connectivity index (χ1v) is 8.73. The molecule has 0 aromatic heterocycles. The molecule has 0 spiro atoms. The van der Waals surface area contributed by atoms with E-state index in [2.05, 4.69) is 10.6 Å². The minimum absolute atomic E-state index is 0.0854. The van der Waals surface area contributed by atoms with Crippen molar-refractivity contribution in [2.75, 3.05) is 25.0 Å². The van der Waals surface area contributed by atoms with E-state index in [1.807, 2.05) is 12.1 Å². The van der Waals surface area contributed by atoms with E-state index < -0.39 is 0 Å². The first-order valence-electron chi connectivity index (χ1n) is 8.35. The normalized spacial score (nSPS) is 16.6. The van der Waals surface area contributed by atoms with Crippen LogP contribution in [0, 0.1) is 0 Å². The van der Waals surface area contributed by atoms with Crippen LogP contribution in [-0.4, -0.2) is 31.7 Å². The maximum atomic E-state index is 11.9. The number of hydrogen-bond acceptors (Lipinski definition) is 4. The lowest BCUT2D eigenvalue weighted by atomic mass is 10.2. The van der Waals surface area contributed by atoms with E-state index >= 15 is 0 Å². The summed E-state index contributed by atoms with van der Waals surface area (Å²) in [5, 5.41) is 6.52. The lowest BCUT2D eigenvalue weighted by Crippen LogP contribution is -2.33. The van der Waals surface area contributed by atoms with Gasteiger partial charge in [0, 0.05) is 18.8 Å². The highest BCUT2D eigenvalue weighted by Crippen LogP contribution is 2.29. The third-order valence-corrected chi connectivity index (χ3v) is 4.20. The van der Waals surface area contributed by atoms with Crippen molar-refractivity contribution < 1.29 is 14.3 Å². The van der Waals surface area contributed by atoms with E-state index in [0.29, 0.717) is 23.1 Å². The summed E-state index contributed by atoms with van der Waals surface area (Å²) >= 11 is 6.07. The number of para-hydroxylation sites is 1. The molecule has 3 rings (SSSR count). The summed E-state index contributed by atoms with van der Waals surface area (Å²) in [5.41, 5.74) is 0.718. The van der Waals surface area contributed by atoms with Gasteiger partial charge in [-0.25, -0.2) is 0 Å². The molecule has 2 aromatic carbocycles. The maximum absolute atomic E-state index is 11.9. The van der Waals surface area contributed by atoms with Crippen molar-refractivity contribution in [2.45, 2.75) is 18.9 Å². The van der Waals surface area contributed by atoms with Crippen molar-refractivity contribution in [3.63, 3.8) is 0 Å². The van der Waals surface area contributed by atoms with Crippen molar-refractivity contribution >= 4 is 23.2 Å². The number of halogens is 1. The number of anilines is 1. The zero-order valence-corrected chi connectivity index (χ0v) is 14.6. The fraction of sp³-hybridized carbons (Fsp3) is 0.316. The summed E-state index contributed by atoms with van der Waals surface area (Å²) in [5.74, 6) is 1.17. The van der Waals surface area contributed by atoms with Gasteiger partial charge in [0.2, 0.25) is 5.91 Å². The first kappa shape index (κ1) is 17.7. The summed E-state index contributed by atoms with van der Waals surface area (Å²) in [6.07, 6.45) is 2.39. The Hall–Kier alpha value is -2.08. The monoisotopic (exact) mass is 360 g/mol. The number of nitrogens with one attached hydrogen (secondary N) is 2. The molecule has 5 nitrogen and oxygen atoms in total. The van der Waals surface area contributed by atoms with Crippen LogP contribution in [0.1, 0.15) is 12.8 Å². The van der Waals surface area contributed by atoms with E-state index in [9.17, 15) is 4.79 Å². The summed E-state index contributed by atoms with van der Waals surface area (Å²) < 4.78 is 11.2. The molecule has 1 atom stereocenters. The second kappa shape index (κ2) is 8.85. The van der Waals surface area contributed by atoms with E-state index in [1.54, 1.807) is 36.4 Å². The average molecular weight is 361 g/mol. The van der Waals surface area contributed by atoms with Gasteiger partial charge in [-0.3, -0.25) is 4.79 Å². The highest BCUT2D eigenvalue weighted by Gasteiger charge is 2.15. The van der Waals surface area contributed by atoms with Gasteiger partial charge in [0.05, 0.1) is 17.7 Å². The van der Waals surface area contributed by atoms with Crippen LogP contribution in [0.3, 0.4) is 0 Å². The van der Waals surface area contributed by atoms with Gasteiger partial charge in [-0.2, -0.15) is 0 Å². The maximum Gasteiger partial charge on any atom is 0.238 e. The fourth-order valence-electron chi connectivity index (χ4n) is 2.62. The van der Waals surface area contributed by atoms with E-state index in [-0.39, 0.29) is 18.6 Å². The highest BCUT2D eigenvalue weighted by atomic mass is 35.5. The van der Waals surface area contributed by atoms with Crippen LogP contribution in [0.15, 0.2) is 48.5 Å². The zero-order chi connectivity index (χ0) is 17.5. The number of hydrogen-bond donors (Lipinski definition) is 2. The number of carbonyl (C=O) groups is 1. The molecule has 1 fully saturated rings. The van der Waals surface area contributed by atoms with Gasteiger partial charge in [0.15, 0.2) is 0 Å². The minimum Gasteiger partial charge on any atom is -0.456 e. The molecule has 0 saturated carbocycles. The number of amides is 1. The molecule has 0 bridgehead atoms. The van der Waals surface area contributed by atoms with Gasteiger partial charge in [-0.1, -0.05) is 23.7 Å². The molecule has 1 saturated heterocycles. The van der Waals surface area contributed by atoms with Gasteiger partial charge < -0.3 is 20.1 Å². The smallest absolute Gasteiger partial charge is 0.238 e. The van der Waals surface area contributed by atoms with Crippen molar-refractivity contribution in [1.82, 2.24) is 5.32 Å². The Bertz CT molecular complexity index is 700. The minimum atomic E-state index is -0.0854. The van der Waals surface area contributed by atoms with Crippen molar-refractivity contribution in [2.24, 2.45) is 0 Å². The van der Waals surface area contributed by atoms with Crippen molar-refractivity contribution in [3.8, 4) is 11.5 Å². The molecule has 1 aliphatic heterocycles. The van der Waals surface area contributed by atoms with E-state index in [1.165, 1.54) is 0 Å². The molecular formula is C19H21ClN2O3. The standard InChI is InChI=1S/C19H21ClN2O3/c20-17-5-1-2-6-18(17)25-15-9-7-14(8-10-15)22-19(23)13-21-12-16-4-3-11-24-16/h1-2,5-10,16,21H,3-4,11-13H2,(H,22,23). The Morgan fingerprint density at radius 1 is 1.20 bits per heavy atom. The van der Waals surface area contributed by atoms with Crippen LogP contribution in [0.2, 0.25) is 5.02 Å². The van der Waals surface area contributed by atoms with Crippen LogP contribution >= 0.6 is 11.6 Å². The van der Waals surface area contributed by atoms with E-state index in [4.69, 9.17) is 21.1 Å². The third-order valence-electron chi connectivity index (χ3n) is 3.88. The van der Waals surface area contributed by atoms with Gasteiger partial charge in [0.1, 0.15) is 11.5 Å². The molecule has 6 heteroatoms. The molecule has 1 unspecified atom stereocenters. The summed E-state index contributed by atoms with van der Waals surface area (Å²) in [6, 6.07) is 14.5. The van der Waals surface area contributed by atoms with Crippen LogP contribution in [-0.2, 0) is 9.53 Å². The lowest BCUT2D eigenvalue weighted by Gasteiger charge is -2.11. The molecular weight excluding hydrogens is 340 g/mol. The predicted molar refractivity (Wildman–Crippen MR) is 98.4 cm³/mol. The largest absolute Gasteiger partial charge is 0.456 e. The average Bonchev–Trinajstić information content (AvgIpc) is 3.12. The van der Waals surface area contributed by atoms with Gasteiger partial charge >= 0.3 is 0 Å². The molecule has 2 N–H and O–H groups in total. The Balaban J connectivity index is 1.45.